The summed E-state index contributed by atoms with van der Waals surface area (Å²) in [6.07, 6.45) is 22.5. The van der Waals surface area contributed by atoms with Gasteiger partial charge in [-0.3, -0.25) is 0 Å². The molecule has 0 saturated carbocycles. The number of hydrogen-bond acceptors (Lipinski definition) is 2. The van der Waals surface area contributed by atoms with E-state index in [0.717, 1.165) is 13.2 Å². The lowest BCUT2D eigenvalue weighted by Crippen LogP contribution is -2.14. The van der Waals surface area contributed by atoms with Crippen LogP contribution in [0, 0.1) is 0 Å². The minimum Gasteiger partial charge on any atom is -0.301 e. The van der Waals surface area contributed by atoms with Gasteiger partial charge in [0.15, 0.2) is 0 Å². The average molecular weight is 376 g/mol. The molecule has 1 rings (SSSR count). The van der Waals surface area contributed by atoms with Gasteiger partial charge in [0.05, 0.1) is 6.61 Å². The van der Waals surface area contributed by atoms with Crippen LogP contribution >= 0.6 is 0 Å². The van der Waals surface area contributed by atoms with E-state index in [-0.39, 0.29) is 0 Å². The smallest absolute Gasteiger partial charge is 0.0682 e. The lowest BCUT2D eigenvalue weighted by molar-refractivity contribution is 0.0340. The molecule has 1 N–H and O–H groups in total. The molecule has 27 heavy (non-hydrogen) atoms. The van der Waals surface area contributed by atoms with Crippen LogP contribution in [0.2, 0.25) is 0 Å². The Morgan fingerprint density at radius 2 is 1.04 bits per heavy atom. The average Bonchev–Trinajstić information content (AvgIpc) is 2.70. The van der Waals surface area contributed by atoms with Crippen LogP contribution in [-0.4, -0.2) is 6.61 Å². The summed E-state index contributed by atoms with van der Waals surface area (Å²) in [5.41, 5.74) is 4.32. The van der Waals surface area contributed by atoms with Crippen molar-refractivity contribution in [2.45, 2.75) is 116 Å². The molecule has 0 atom stereocenters. The zero-order chi connectivity index (χ0) is 19.3. The molecule has 0 aliphatic rings. The largest absolute Gasteiger partial charge is 0.301 e. The summed E-state index contributed by atoms with van der Waals surface area (Å²) in [7, 11) is 0. The van der Waals surface area contributed by atoms with E-state index in [1.165, 1.54) is 108 Å². The maximum Gasteiger partial charge on any atom is 0.0682 e. The van der Waals surface area contributed by atoms with Crippen molar-refractivity contribution in [3.05, 3.63) is 35.9 Å². The highest BCUT2D eigenvalue weighted by Gasteiger charge is 1.95. The predicted octanol–water partition coefficient (Wildman–Crippen LogP) is 7.97. The van der Waals surface area contributed by atoms with Crippen molar-refractivity contribution in [3.63, 3.8) is 0 Å². The molecule has 0 heterocycles. The standard InChI is InChI=1S/C25H45NO/c1-2-3-4-5-6-7-8-9-10-11-12-13-14-15-16-20-23-27-26-24-25-21-18-17-19-22-25/h17-19,21-22,26H,2-16,20,23-24H2,1H3. The Morgan fingerprint density at radius 1 is 0.593 bits per heavy atom. The van der Waals surface area contributed by atoms with Crippen LogP contribution in [0.4, 0.5) is 0 Å². The molecule has 0 aliphatic carbocycles. The fourth-order valence-electron chi connectivity index (χ4n) is 3.52. The fourth-order valence-corrected chi connectivity index (χ4v) is 3.52. The van der Waals surface area contributed by atoms with Crippen LogP contribution in [0.1, 0.15) is 115 Å². The molecule has 0 aromatic heterocycles. The van der Waals surface area contributed by atoms with Crippen molar-refractivity contribution < 1.29 is 4.84 Å². The van der Waals surface area contributed by atoms with E-state index < -0.39 is 0 Å². The topological polar surface area (TPSA) is 21.3 Å². The first-order valence-corrected chi connectivity index (χ1v) is 11.8. The molecule has 156 valence electrons. The van der Waals surface area contributed by atoms with Crippen molar-refractivity contribution >= 4 is 0 Å². The van der Waals surface area contributed by atoms with Gasteiger partial charge in [0.1, 0.15) is 0 Å². The second kappa shape index (κ2) is 19.9. The van der Waals surface area contributed by atoms with Crippen LogP contribution in [-0.2, 0) is 11.4 Å². The molecule has 0 bridgehead atoms. The molecule has 0 saturated heterocycles. The minimum absolute atomic E-state index is 0.791. The highest BCUT2D eigenvalue weighted by atomic mass is 16.6. The number of hydrogen-bond donors (Lipinski definition) is 1. The second-order valence-electron chi connectivity index (χ2n) is 7.96. The van der Waals surface area contributed by atoms with Gasteiger partial charge in [-0.1, -0.05) is 134 Å². The van der Waals surface area contributed by atoms with Crippen LogP contribution in [0.5, 0.6) is 0 Å². The monoisotopic (exact) mass is 375 g/mol. The summed E-state index contributed by atoms with van der Waals surface area (Å²) >= 11 is 0. The molecule has 0 fully saturated rings. The number of nitrogens with one attached hydrogen (secondary N) is 1. The summed E-state index contributed by atoms with van der Waals surface area (Å²) in [5.74, 6) is 0. The van der Waals surface area contributed by atoms with Crippen LogP contribution < -0.4 is 5.48 Å². The van der Waals surface area contributed by atoms with Gasteiger partial charge in [-0.25, -0.2) is 0 Å². The number of unbranched alkanes of at least 4 members (excludes halogenated alkanes) is 15. The van der Waals surface area contributed by atoms with Crippen LogP contribution in [0.3, 0.4) is 0 Å². The lowest BCUT2D eigenvalue weighted by Gasteiger charge is -2.06. The van der Waals surface area contributed by atoms with Gasteiger partial charge in [-0.05, 0) is 12.0 Å². The van der Waals surface area contributed by atoms with Gasteiger partial charge in [-0.15, -0.1) is 0 Å². The van der Waals surface area contributed by atoms with Crippen molar-refractivity contribution in [1.82, 2.24) is 5.48 Å². The summed E-state index contributed by atoms with van der Waals surface area (Å²) < 4.78 is 0. The lowest BCUT2D eigenvalue weighted by atomic mass is 10.0. The Labute approximate surface area is 169 Å². The quantitative estimate of drug-likeness (QED) is 0.184. The van der Waals surface area contributed by atoms with Gasteiger partial charge in [0.2, 0.25) is 0 Å². The third kappa shape index (κ3) is 17.0. The molecule has 1 aromatic carbocycles. The normalized spacial score (nSPS) is 11.1. The van der Waals surface area contributed by atoms with E-state index in [0.29, 0.717) is 0 Å². The number of hydroxylamine groups is 1. The SMILES string of the molecule is CCCCCCCCCCCCCCCCCCONCc1ccccc1. The molecule has 2 nitrogen and oxygen atoms in total. The van der Waals surface area contributed by atoms with Gasteiger partial charge < -0.3 is 4.84 Å². The molecule has 0 aliphatic heterocycles. The van der Waals surface area contributed by atoms with Gasteiger partial charge in [0.25, 0.3) is 0 Å². The Kier molecular flexibility index (Phi) is 17.8. The fraction of sp³-hybridized carbons (Fsp3) is 0.760. The maximum atomic E-state index is 5.51. The predicted molar refractivity (Wildman–Crippen MR) is 119 cm³/mol. The number of benzene rings is 1. The van der Waals surface area contributed by atoms with Crippen LogP contribution in [0.25, 0.3) is 0 Å². The summed E-state index contributed by atoms with van der Waals surface area (Å²) in [5, 5.41) is 0. The van der Waals surface area contributed by atoms with E-state index in [2.05, 4.69) is 36.7 Å². The number of rotatable bonds is 20. The maximum absolute atomic E-state index is 5.51. The van der Waals surface area contributed by atoms with E-state index in [1.807, 2.05) is 6.07 Å². The summed E-state index contributed by atoms with van der Waals surface area (Å²) in [6.45, 7) is 3.91. The highest BCUT2D eigenvalue weighted by molar-refractivity contribution is 5.13. The highest BCUT2D eigenvalue weighted by Crippen LogP contribution is 2.13. The Bertz CT molecular complexity index is 393. The van der Waals surface area contributed by atoms with E-state index in [1.54, 1.807) is 0 Å². The molecular weight excluding hydrogens is 330 g/mol. The molecule has 2 heteroatoms. The third-order valence-corrected chi connectivity index (χ3v) is 5.32. The third-order valence-electron chi connectivity index (χ3n) is 5.32. The first kappa shape index (κ1) is 24.2. The van der Waals surface area contributed by atoms with E-state index in [9.17, 15) is 0 Å². The van der Waals surface area contributed by atoms with Crippen molar-refractivity contribution in [1.29, 1.82) is 0 Å². The summed E-state index contributed by atoms with van der Waals surface area (Å²) in [4.78, 5) is 5.51. The molecule has 0 unspecified atom stereocenters. The Balaban J connectivity index is 1.67. The summed E-state index contributed by atoms with van der Waals surface area (Å²) in [6, 6.07) is 10.4. The molecular formula is C25H45NO. The van der Waals surface area contributed by atoms with Crippen molar-refractivity contribution in [3.8, 4) is 0 Å². The van der Waals surface area contributed by atoms with Crippen molar-refractivity contribution in [2.24, 2.45) is 0 Å². The molecule has 0 radical (unpaired) electrons. The zero-order valence-electron chi connectivity index (χ0n) is 18.0. The molecule has 0 amide bonds. The van der Waals surface area contributed by atoms with Gasteiger partial charge in [0, 0.05) is 6.54 Å². The van der Waals surface area contributed by atoms with E-state index in [4.69, 9.17) is 4.84 Å². The molecule has 1 aromatic rings. The van der Waals surface area contributed by atoms with Crippen LogP contribution in [0.15, 0.2) is 30.3 Å². The minimum atomic E-state index is 0.791. The first-order chi connectivity index (χ1) is 13.4. The Hall–Kier alpha value is -0.860. The Morgan fingerprint density at radius 3 is 1.52 bits per heavy atom. The van der Waals surface area contributed by atoms with Gasteiger partial charge >= 0.3 is 0 Å². The van der Waals surface area contributed by atoms with Gasteiger partial charge in [-0.2, -0.15) is 5.48 Å². The zero-order valence-corrected chi connectivity index (χ0v) is 18.0. The first-order valence-electron chi connectivity index (χ1n) is 11.8. The molecule has 0 spiro atoms. The van der Waals surface area contributed by atoms with E-state index >= 15 is 0 Å². The second-order valence-corrected chi connectivity index (χ2v) is 7.96. The van der Waals surface area contributed by atoms with Crippen molar-refractivity contribution in [2.75, 3.05) is 6.61 Å².